The predicted molar refractivity (Wildman–Crippen MR) is 126 cm³/mol. The lowest BCUT2D eigenvalue weighted by atomic mass is 10.2. The number of nitrogens with zero attached hydrogens (tertiary/aromatic N) is 4. The highest BCUT2D eigenvalue weighted by Gasteiger charge is 2.19. The van der Waals surface area contributed by atoms with E-state index in [9.17, 15) is 4.79 Å². The molecule has 0 unspecified atom stereocenters. The maximum atomic E-state index is 12.6. The molecule has 0 spiro atoms. The zero-order valence-electron chi connectivity index (χ0n) is 17.7. The summed E-state index contributed by atoms with van der Waals surface area (Å²) in [7, 11) is 2.11. The van der Waals surface area contributed by atoms with Gasteiger partial charge in [0.25, 0.3) is 11.1 Å². The Bertz CT molecular complexity index is 1040. The third-order valence-corrected chi connectivity index (χ3v) is 6.01. The molecule has 0 saturated carbocycles. The van der Waals surface area contributed by atoms with Crippen molar-refractivity contribution in [2.45, 2.75) is 11.8 Å². The number of aromatic nitrogens is 2. The average molecular weight is 474 g/mol. The van der Waals surface area contributed by atoms with Gasteiger partial charge in [0, 0.05) is 31.2 Å². The molecule has 1 aliphatic rings. The fourth-order valence-electron chi connectivity index (χ4n) is 3.26. The fraction of sp³-hybridized carbons (Fsp3) is 0.318. The first-order valence-corrected chi connectivity index (χ1v) is 11.6. The Balaban J connectivity index is 1.31. The summed E-state index contributed by atoms with van der Waals surface area (Å²) in [6.07, 6.45) is 0. The van der Waals surface area contributed by atoms with Gasteiger partial charge in [0.2, 0.25) is 5.91 Å². The minimum Gasteiger partial charge on any atom is -0.484 e. The first kappa shape index (κ1) is 22.4. The quantitative estimate of drug-likeness (QED) is 0.495. The molecule has 0 radical (unpaired) electrons. The summed E-state index contributed by atoms with van der Waals surface area (Å²) in [5, 5.41) is 11.8. The van der Waals surface area contributed by atoms with Crippen molar-refractivity contribution in [2.24, 2.45) is 0 Å². The van der Waals surface area contributed by atoms with Crippen LogP contribution in [0.15, 0.2) is 58.2 Å². The van der Waals surface area contributed by atoms with Crippen molar-refractivity contribution in [1.82, 2.24) is 15.1 Å². The van der Waals surface area contributed by atoms with E-state index < -0.39 is 0 Å². The molecule has 2 heterocycles. The van der Waals surface area contributed by atoms with E-state index in [4.69, 9.17) is 20.8 Å². The van der Waals surface area contributed by atoms with E-state index in [0.717, 1.165) is 37.6 Å². The second-order valence-electron chi connectivity index (χ2n) is 7.35. The Hall–Kier alpha value is -2.75. The molecule has 1 fully saturated rings. The highest BCUT2D eigenvalue weighted by atomic mass is 35.5. The van der Waals surface area contributed by atoms with Gasteiger partial charge in [-0.3, -0.25) is 4.79 Å². The van der Waals surface area contributed by atoms with Crippen LogP contribution in [0.4, 0.5) is 11.4 Å². The van der Waals surface area contributed by atoms with Crippen molar-refractivity contribution in [1.29, 1.82) is 0 Å². The summed E-state index contributed by atoms with van der Waals surface area (Å²) in [6, 6.07) is 15.0. The number of thioether (sulfide) groups is 1. The van der Waals surface area contributed by atoms with Gasteiger partial charge in [-0.05, 0) is 37.4 Å². The Morgan fingerprint density at radius 3 is 2.72 bits per heavy atom. The lowest BCUT2D eigenvalue weighted by Crippen LogP contribution is -2.44. The van der Waals surface area contributed by atoms with Gasteiger partial charge < -0.3 is 24.3 Å². The third-order valence-electron chi connectivity index (χ3n) is 4.96. The van der Waals surface area contributed by atoms with Crippen molar-refractivity contribution in [3.63, 3.8) is 0 Å². The number of para-hydroxylation sites is 1. The van der Waals surface area contributed by atoms with Crippen LogP contribution in [0.2, 0.25) is 5.02 Å². The van der Waals surface area contributed by atoms with Crippen molar-refractivity contribution in [3.8, 4) is 5.75 Å². The number of carbonyl (C=O) groups is 1. The molecule has 0 aliphatic carbocycles. The van der Waals surface area contributed by atoms with Crippen molar-refractivity contribution in [2.75, 3.05) is 49.2 Å². The highest BCUT2D eigenvalue weighted by molar-refractivity contribution is 7.99. The molecule has 1 N–H and O–H groups in total. The molecule has 0 bridgehead atoms. The Morgan fingerprint density at radius 1 is 1.16 bits per heavy atom. The second-order valence-corrected chi connectivity index (χ2v) is 8.72. The Morgan fingerprint density at radius 2 is 1.94 bits per heavy atom. The maximum absolute atomic E-state index is 12.6. The Labute approximate surface area is 195 Å². The smallest absolute Gasteiger partial charge is 0.277 e. The number of anilines is 2. The van der Waals surface area contributed by atoms with Crippen LogP contribution in [0.3, 0.4) is 0 Å². The minimum absolute atomic E-state index is 0.135. The molecule has 8 nitrogen and oxygen atoms in total. The Kier molecular flexibility index (Phi) is 7.51. The molecule has 32 heavy (non-hydrogen) atoms. The lowest BCUT2D eigenvalue weighted by Gasteiger charge is -2.35. The van der Waals surface area contributed by atoms with E-state index in [1.54, 1.807) is 6.07 Å². The van der Waals surface area contributed by atoms with Crippen LogP contribution in [-0.4, -0.2) is 60.0 Å². The topological polar surface area (TPSA) is 83.7 Å². The lowest BCUT2D eigenvalue weighted by molar-refractivity contribution is -0.113. The van der Waals surface area contributed by atoms with Gasteiger partial charge in [-0.25, -0.2) is 0 Å². The number of nitrogens with one attached hydrogen (secondary N) is 1. The SMILES string of the molecule is CN1CCN(c2ccc(Cl)cc2NC(=O)CSc2nnc(COc3ccccc3)o2)CC1. The summed E-state index contributed by atoms with van der Waals surface area (Å²) in [4.78, 5) is 17.1. The number of ether oxygens (including phenoxy) is 1. The van der Waals surface area contributed by atoms with Crippen LogP contribution in [0.1, 0.15) is 5.89 Å². The largest absolute Gasteiger partial charge is 0.484 e. The van der Waals surface area contributed by atoms with Crippen LogP contribution >= 0.6 is 23.4 Å². The van der Waals surface area contributed by atoms with Crippen LogP contribution in [0.25, 0.3) is 0 Å². The van der Waals surface area contributed by atoms with Gasteiger partial charge in [-0.15, -0.1) is 10.2 Å². The van der Waals surface area contributed by atoms with Gasteiger partial charge in [0.05, 0.1) is 17.1 Å². The van der Waals surface area contributed by atoms with Gasteiger partial charge in [0.1, 0.15) is 5.75 Å². The highest BCUT2D eigenvalue weighted by Crippen LogP contribution is 2.30. The van der Waals surface area contributed by atoms with E-state index in [0.29, 0.717) is 21.8 Å². The van der Waals surface area contributed by atoms with Crippen LogP contribution in [0.5, 0.6) is 5.75 Å². The summed E-state index contributed by atoms with van der Waals surface area (Å²) in [5.41, 5.74) is 1.68. The molecule has 2 aromatic carbocycles. The second kappa shape index (κ2) is 10.7. The predicted octanol–water partition coefficient (Wildman–Crippen LogP) is 3.78. The summed E-state index contributed by atoms with van der Waals surface area (Å²) >= 11 is 7.36. The monoisotopic (exact) mass is 473 g/mol. The number of hydrogen-bond donors (Lipinski definition) is 1. The number of carbonyl (C=O) groups excluding carboxylic acids is 1. The zero-order chi connectivity index (χ0) is 22.3. The van der Waals surface area contributed by atoms with Crippen LogP contribution in [0, 0.1) is 0 Å². The molecule has 168 valence electrons. The van der Waals surface area contributed by atoms with Crippen LogP contribution in [-0.2, 0) is 11.4 Å². The molecule has 1 saturated heterocycles. The molecule has 1 aromatic heterocycles. The van der Waals surface area contributed by atoms with Gasteiger partial charge in [0.15, 0.2) is 6.61 Å². The minimum atomic E-state index is -0.173. The number of hydrogen-bond acceptors (Lipinski definition) is 8. The number of rotatable bonds is 8. The standard InChI is InChI=1S/C22H24ClN5O3S/c1-27-9-11-28(12-10-27)19-8-7-16(23)13-18(19)24-20(29)15-32-22-26-25-21(31-22)14-30-17-5-3-2-4-6-17/h2-8,13H,9-12,14-15H2,1H3,(H,24,29). The first-order chi connectivity index (χ1) is 15.6. The average Bonchev–Trinajstić information content (AvgIpc) is 3.26. The number of likely N-dealkylation sites (N-methyl/N-ethyl adjacent to an activating group) is 1. The molecule has 1 aliphatic heterocycles. The van der Waals surface area contributed by atoms with E-state index in [1.165, 1.54) is 11.8 Å². The van der Waals surface area contributed by atoms with E-state index in [-0.39, 0.29) is 18.3 Å². The van der Waals surface area contributed by atoms with Crippen molar-refractivity contribution >= 4 is 40.6 Å². The van der Waals surface area contributed by atoms with E-state index in [1.807, 2.05) is 42.5 Å². The van der Waals surface area contributed by atoms with Gasteiger partial charge >= 0.3 is 0 Å². The van der Waals surface area contributed by atoms with E-state index in [2.05, 4.69) is 32.4 Å². The molecule has 3 aromatic rings. The number of piperazine rings is 1. The summed E-state index contributed by atoms with van der Waals surface area (Å²) < 4.78 is 11.1. The fourth-order valence-corrected chi connectivity index (χ4v) is 4.01. The maximum Gasteiger partial charge on any atom is 0.277 e. The van der Waals surface area contributed by atoms with Crippen LogP contribution < -0.4 is 15.0 Å². The van der Waals surface area contributed by atoms with Gasteiger partial charge in [-0.1, -0.05) is 41.6 Å². The molecule has 0 atom stereocenters. The molecule has 1 amide bonds. The van der Waals surface area contributed by atoms with Gasteiger partial charge in [-0.2, -0.15) is 0 Å². The molecule has 4 rings (SSSR count). The summed E-state index contributed by atoms with van der Waals surface area (Å²) in [6.45, 7) is 3.90. The number of amides is 1. The molecular weight excluding hydrogens is 450 g/mol. The van der Waals surface area contributed by atoms with E-state index >= 15 is 0 Å². The molecule has 10 heteroatoms. The molecular formula is C22H24ClN5O3S. The van der Waals surface area contributed by atoms with Crippen molar-refractivity contribution < 1.29 is 13.9 Å². The number of benzene rings is 2. The number of halogens is 1. The first-order valence-electron chi connectivity index (χ1n) is 10.2. The summed E-state index contributed by atoms with van der Waals surface area (Å²) in [5.74, 6) is 1.03. The third kappa shape index (κ3) is 6.15. The van der Waals surface area contributed by atoms with Crippen molar-refractivity contribution in [3.05, 3.63) is 59.4 Å². The normalized spacial score (nSPS) is 14.4. The zero-order valence-corrected chi connectivity index (χ0v) is 19.2.